The first kappa shape index (κ1) is 20.1. The number of ketones is 1. The van der Waals surface area contributed by atoms with Crippen molar-refractivity contribution in [2.75, 3.05) is 13.1 Å². The molecule has 1 aliphatic rings. The topological polar surface area (TPSA) is 42.3 Å². The third kappa shape index (κ3) is 4.09. The van der Waals surface area contributed by atoms with Gasteiger partial charge in [-0.2, -0.15) is 0 Å². The number of aryl methyl sites for hydroxylation is 1. The number of carbonyl (C=O) groups excluding carboxylic acids is 2. The summed E-state index contributed by atoms with van der Waals surface area (Å²) in [5, 5.41) is 0. The molecule has 0 unspecified atom stereocenters. The van der Waals surface area contributed by atoms with Gasteiger partial charge in [-0.1, -0.05) is 60.7 Å². The molecular weight excluding hydrogens is 372 g/mol. The predicted octanol–water partition coefficient (Wildman–Crippen LogP) is 4.89. The zero-order valence-corrected chi connectivity index (χ0v) is 17.7. The zero-order chi connectivity index (χ0) is 21.1. The Morgan fingerprint density at radius 1 is 0.900 bits per heavy atom. The molecule has 0 bridgehead atoms. The molecule has 0 saturated carbocycles. The molecular formula is C26H28N2O2. The van der Waals surface area contributed by atoms with Gasteiger partial charge in [0, 0.05) is 42.5 Å². The number of hydrogen-bond donors (Lipinski definition) is 0. The van der Waals surface area contributed by atoms with Crippen molar-refractivity contribution in [3.05, 3.63) is 94.8 Å². The summed E-state index contributed by atoms with van der Waals surface area (Å²) in [4.78, 5) is 27.8. The zero-order valence-electron chi connectivity index (χ0n) is 17.7. The van der Waals surface area contributed by atoms with Crippen molar-refractivity contribution >= 4 is 11.7 Å². The fourth-order valence-corrected chi connectivity index (χ4v) is 4.38. The van der Waals surface area contributed by atoms with Crippen molar-refractivity contribution in [3.63, 3.8) is 0 Å². The summed E-state index contributed by atoms with van der Waals surface area (Å²) in [5.41, 5.74) is 4.86. The summed E-state index contributed by atoms with van der Waals surface area (Å²) in [6.45, 7) is 6.10. The molecule has 154 valence electrons. The molecule has 0 aliphatic carbocycles. The molecule has 2 heterocycles. The lowest BCUT2D eigenvalue weighted by atomic mass is 9.88. The minimum atomic E-state index is 0.00182. The van der Waals surface area contributed by atoms with Crippen molar-refractivity contribution in [1.82, 2.24) is 9.47 Å². The van der Waals surface area contributed by atoms with Crippen LogP contribution in [0.1, 0.15) is 50.5 Å². The Labute approximate surface area is 178 Å². The first-order chi connectivity index (χ1) is 14.5. The van der Waals surface area contributed by atoms with E-state index in [-0.39, 0.29) is 17.6 Å². The van der Waals surface area contributed by atoms with Gasteiger partial charge in [-0.05, 0) is 38.3 Å². The number of hydrogen-bond acceptors (Lipinski definition) is 2. The van der Waals surface area contributed by atoms with Crippen LogP contribution in [0, 0.1) is 19.8 Å². The highest BCUT2D eigenvalue weighted by Crippen LogP contribution is 2.25. The van der Waals surface area contributed by atoms with E-state index in [1.54, 1.807) is 0 Å². The summed E-state index contributed by atoms with van der Waals surface area (Å²) in [6, 6.07) is 21.8. The molecule has 1 amide bonds. The van der Waals surface area contributed by atoms with Gasteiger partial charge in [-0.15, -0.1) is 0 Å². The van der Waals surface area contributed by atoms with E-state index in [2.05, 4.69) is 23.6 Å². The maximum Gasteiger partial charge on any atom is 0.255 e. The molecule has 0 spiro atoms. The number of Topliss-reactive ketones (excluding diaryl/α,β-unsaturated/α-hetero) is 1. The number of carbonyl (C=O) groups is 2. The number of amides is 1. The molecule has 2 aromatic carbocycles. The first-order valence-corrected chi connectivity index (χ1v) is 10.6. The second kappa shape index (κ2) is 8.70. The number of likely N-dealkylation sites (tertiary alicyclic amines) is 1. The van der Waals surface area contributed by atoms with Gasteiger partial charge in [0.2, 0.25) is 0 Å². The van der Waals surface area contributed by atoms with E-state index in [9.17, 15) is 9.59 Å². The molecule has 1 fully saturated rings. The van der Waals surface area contributed by atoms with Gasteiger partial charge >= 0.3 is 0 Å². The minimum Gasteiger partial charge on any atom is -0.344 e. The van der Waals surface area contributed by atoms with E-state index < -0.39 is 0 Å². The smallest absolute Gasteiger partial charge is 0.255 e. The van der Waals surface area contributed by atoms with Gasteiger partial charge in [-0.25, -0.2) is 0 Å². The molecule has 0 radical (unpaired) electrons. The van der Waals surface area contributed by atoms with Crippen molar-refractivity contribution < 1.29 is 9.59 Å². The summed E-state index contributed by atoms with van der Waals surface area (Å²) in [7, 11) is 0. The van der Waals surface area contributed by atoms with Crippen LogP contribution in [0.5, 0.6) is 0 Å². The molecule has 1 aliphatic heterocycles. The van der Waals surface area contributed by atoms with Gasteiger partial charge in [0.25, 0.3) is 5.91 Å². The maximum atomic E-state index is 13.2. The van der Waals surface area contributed by atoms with Gasteiger partial charge in [0.15, 0.2) is 5.78 Å². The van der Waals surface area contributed by atoms with E-state index in [4.69, 9.17) is 0 Å². The number of aromatic nitrogens is 1. The first-order valence-electron chi connectivity index (χ1n) is 10.6. The Balaban J connectivity index is 1.43. The van der Waals surface area contributed by atoms with Crippen LogP contribution in [0.25, 0.3) is 0 Å². The van der Waals surface area contributed by atoms with Crippen LogP contribution >= 0.6 is 0 Å². The molecule has 4 heteroatoms. The Morgan fingerprint density at radius 3 is 2.13 bits per heavy atom. The lowest BCUT2D eigenvalue weighted by Gasteiger charge is -2.31. The number of piperidine rings is 1. The van der Waals surface area contributed by atoms with Gasteiger partial charge in [0.05, 0.1) is 5.56 Å². The molecule has 30 heavy (non-hydrogen) atoms. The standard InChI is InChI=1S/C26H28N2O2/c1-19-17-24(20(2)28(19)18-21-9-5-3-6-10-21)26(30)27-15-13-23(14-16-27)25(29)22-11-7-4-8-12-22/h3-12,17,23H,13-16,18H2,1-2H3. The van der Waals surface area contributed by atoms with Crippen LogP contribution in [0.4, 0.5) is 0 Å². The second-order valence-corrected chi connectivity index (χ2v) is 8.15. The highest BCUT2D eigenvalue weighted by Gasteiger charge is 2.29. The maximum absolute atomic E-state index is 13.2. The van der Waals surface area contributed by atoms with Crippen LogP contribution in [0.15, 0.2) is 66.7 Å². The van der Waals surface area contributed by atoms with Crippen molar-refractivity contribution in [1.29, 1.82) is 0 Å². The van der Waals surface area contributed by atoms with E-state index >= 15 is 0 Å². The molecule has 0 N–H and O–H groups in total. The van der Waals surface area contributed by atoms with Gasteiger partial charge < -0.3 is 9.47 Å². The van der Waals surface area contributed by atoms with E-state index in [1.165, 1.54) is 5.56 Å². The van der Waals surface area contributed by atoms with Crippen LogP contribution in [0.2, 0.25) is 0 Å². The summed E-state index contributed by atoms with van der Waals surface area (Å²) in [6.07, 6.45) is 1.45. The van der Waals surface area contributed by atoms with E-state index in [1.807, 2.05) is 66.4 Å². The lowest BCUT2D eigenvalue weighted by Crippen LogP contribution is -2.40. The Morgan fingerprint density at radius 2 is 1.50 bits per heavy atom. The Bertz CT molecular complexity index is 1030. The van der Waals surface area contributed by atoms with Crippen LogP contribution in [0.3, 0.4) is 0 Å². The summed E-state index contributed by atoms with van der Waals surface area (Å²) in [5.74, 6) is 0.277. The fraction of sp³-hybridized carbons (Fsp3) is 0.308. The van der Waals surface area contributed by atoms with Crippen LogP contribution in [-0.2, 0) is 6.54 Å². The Hall–Kier alpha value is -3.14. The predicted molar refractivity (Wildman–Crippen MR) is 119 cm³/mol. The number of benzene rings is 2. The minimum absolute atomic E-state index is 0.00182. The van der Waals surface area contributed by atoms with Crippen molar-refractivity contribution in [3.8, 4) is 0 Å². The highest BCUT2D eigenvalue weighted by molar-refractivity contribution is 5.98. The van der Waals surface area contributed by atoms with Crippen molar-refractivity contribution in [2.45, 2.75) is 33.2 Å². The molecule has 1 saturated heterocycles. The number of rotatable bonds is 5. The Kier molecular flexibility index (Phi) is 5.84. The number of nitrogens with zero attached hydrogens (tertiary/aromatic N) is 2. The quantitative estimate of drug-likeness (QED) is 0.573. The largest absolute Gasteiger partial charge is 0.344 e. The normalized spacial score (nSPS) is 14.7. The average Bonchev–Trinajstić information content (AvgIpc) is 3.08. The van der Waals surface area contributed by atoms with Gasteiger partial charge in [-0.3, -0.25) is 9.59 Å². The van der Waals surface area contributed by atoms with Gasteiger partial charge in [0.1, 0.15) is 0 Å². The third-order valence-electron chi connectivity index (χ3n) is 6.20. The van der Waals surface area contributed by atoms with Crippen LogP contribution in [-0.4, -0.2) is 34.2 Å². The fourth-order valence-electron chi connectivity index (χ4n) is 4.38. The highest BCUT2D eigenvalue weighted by atomic mass is 16.2. The van der Waals surface area contributed by atoms with E-state index in [0.717, 1.165) is 41.9 Å². The third-order valence-corrected chi connectivity index (χ3v) is 6.20. The monoisotopic (exact) mass is 400 g/mol. The molecule has 4 nitrogen and oxygen atoms in total. The SMILES string of the molecule is Cc1cc(C(=O)N2CCC(C(=O)c3ccccc3)CC2)c(C)n1Cc1ccccc1. The molecule has 3 aromatic rings. The van der Waals surface area contributed by atoms with Crippen molar-refractivity contribution in [2.24, 2.45) is 5.92 Å². The molecule has 4 rings (SSSR count). The lowest BCUT2D eigenvalue weighted by molar-refractivity contribution is 0.0649. The van der Waals surface area contributed by atoms with E-state index in [0.29, 0.717) is 13.1 Å². The summed E-state index contributed by atoms with van der Waals surface area (Å²) < 4.78 is 2.20. The molecule has 1 aromatic heterocycles. The average molecular weight is 401 g/mol. The second-order valence-electron chi connectivity index (χ2n) is 8.15. The van der Waals surface area contributed by atoms with Crippen LogP contribution < -0.4 is 0 Å². The summed E-state index contributed by atoms with van der Waals surface area (Å²) >= 11 is 0. The molecule has 0 atom stereocenters.